The number of aromatic nitrogens is 3. The summed E-state index contributed by atoms with van der Waals surface area (Å²) in [5.41, 5.74) is 3.11. The van der Waals surface area contributed by atoms with Crippen molar-refractivity contribution in [3.8, 4) is 22.4 Å². The van der Waals surface area contributed by atoms with Crippen LogP contribution >= 0.6 is 23.2 Å². The largest absolute Gasteiger partial charge is 0.477 e. The molecule has 0 radical (unpaired) electrons. The molecule has 0 spiro atoms. The Morgan fingerprint density at radius 3 is 2.46 bits per heavy atom. The summed E-state index contributed by atoms with van der Waals surface area (Å²) in [5.74, 6) is -1.11. The van der Waals surface area contributed by atoms with Crippen molar-refractivity contribution in [1.82, 2.24) is 14.6 Å². The maximum Gasteiger partial charge on any atom is 0.354 e. The molecule has 7 heteroatoms. The molecule has 5 nitrogen and oxygen atoms in total. The second-order valence-corrected chi connectivity index (χ2v) is 6.46. The molecular formula is C19H11Cl2N3O2. The molecule has 26 heavy (non-hydrogen) atoms. The number of rotatable bonds is 3. The van der Waals surface area contributed by atoms with Gasteiger partial charge in [0.25, 0.3) is 0 Å². The quantitative estimate of drug-likeness (QED) is 0.536. The van der Waals surface area contributed by atoms with Crippen molar-refractivity contribution in [2.24, 2.45) is 0 Å². The van der Waals surface area contributed by atoms with E-state index in [1.165, 1.54) is 10.6 Å². The minimum absolute atomic E-state index is 0.00167. The fourth-order valence-electron chi connectivity index (χ4n) is 2.77. The highest BCUT2D eigenvalue weighted by Gasteiger charge is 2.18. The molecule has 4 rings (SSSR count). The molecule has 0 aliphatic heterocycles. The third-order valence-corrected chi connectivity index (χ3v) is 4.53. The SMILES string of the molecule is O=C(O)c1cc(-c2ccc(Cl)cc2Cl)nc2c(-c3ccccc3)cnn12. The molecule has 0 atom stereocenters. The van der Waals surface area contributed by atoms with E-state index in [-0.39, 0.29) is 5.69 Å². The molecule has 2 aromatic heterocycles. The molecule has 0 saturated heterocycles. The first-order valence-electron chi connectivity index (χ1n) is 7.67. The first-order chi connectivity index (χ1) is 12.5. The molecule has 2 aromatic carbocycles. The van der Waals surface area contributed by atoms with Crippen LogP contribution in [0.4, 0.5) is 0 Å². The zero-order valence-corrected chi connectivity index (χ0v) is 14.7. The minimum atomic E-state index is -1.11. The van der Waals surface area contributed by atoms with Gasteiger partial charge < -0.3 is 5.11 Å². The van der Waals surface area contributed by atoms with Gasteiger partial charge >= 0.3 is 5.97 Å². The Bertz CT molecular complexity index is 1140. The van der Waals surface area contributed by atoms with Gasteiger partial charge in [0, 0.05) is 16.1 Å². The second-order valence-electron chi connectivity index (χ2n) is 5.62. The first kappa shape index (κ1) is 16.6. The standard InChI is InChI=1S/C19H11Cl2N3O2/c20-12-6-7-13(15(21)8-12)16-9-17(19(25)26)24-18(23-16)14(10-22-24)11-4-2-1-3-5-11/h1-10H,(H,25,26). The molecule has 0 saturated carbocycles. The lowest BCUT2D eigenvalue weighted by Gasteiger charge is -2.08. The van der Waals surface area contributed by atoms with Crippen molar-refractivity contribution < 1.29 is 9.90 Å². The Kier molecular flexibility index (Phi) is 4.11. The van der Waals surface area contributed by atoms with Gasteiger partial charge in [-0.15, -0.1) is 0 Å². The average Bonchev–Trinajstić information content (AvgIpc) is 3.05. The van der Waals surface area contributed by atoms with Crippen LogP contribution in [0.15, 0.2) is 60.8 Å². The third kappa shape index (κ3) is 2.81. The van der Waals surface area contributed by atoms with Crippen molar-refractivity contribution in [2.45, 2.75) is 0 Å². The number of hydrogen-bond donors (Lipinski definition) is 1. The van der Waals surface area contributed by atoms with Crippen LogP contribution < -0.4 is 0 Å². The maximum absolute atomic E-state index is 11.7. The monoisotopic (exact) mass is 383 g/mol. The molecule has 0 bridgehead atoms. The van der Waals surface area contributed by atoms with E-state index in [4.69, 9.17) is 23.2 Å². The van der Waals surface area contributed by atoms with E-state index in [2.05, 4.69) is 10.1 Å². The summed E-state index contributed by atoms with van der Waals surface area (Å²) >= 11 is 12.2. The minimum Gasteiger partial charge on any atom is -0.477 e. The summed E-state index contributed by atoms with van der Waals surface area (Å²) in [7, 11) is 0. The van der Waals surface area contributed by atoms with Gasteiger partial charge in [0.05, 0.1) is 16.9 Å². The average molecular weight is 384 g/mol. The van der Waals surface area contributed by atoms with Crippen LogP contribution in [0, 0.1) is 0 Å². The molecular weight excluding hydrogens is 373 g/mol. The topological polar surface area (TPSA) is 67.5 Å². The number of hydrogen-bond acceptors (Lipinski definition) is 3. The van der Waals surface area contributed by atoms with Crippen LogP contribution in [0.1, 0.15) is 10.5 Å². The summed E-state index contributed by atoms with van der Waals surface area (Å²) in [6.07, 6.45) is 1.61. The molecule has 0 unspecified atom stereocenters. The van der Waals surface area contributed by atoms with Gasteiger partial charge in [0.15, 0.2) is 11.3 Å². The van der Waals surface area contributed by atoms with Gasteiger partial charge in [-0.2, -0.15) is 5.10 Å². The van der Waals surface area contributed by atoms with Gasteiger partial charge in [-0.25, -0.2) is 14.3 Å². The number of aromatic carboxylic acids is 1. The van der Waals surface area contributed by atoms with Crippen LogP contribution in [0.25, 0.3) is 28.0 Å². The number of carboxylic acids is 1. The number of fused-ring (bicyclic) bond motifs is 1. The predicted octanol–water partition coefficient (Wildman–Crippen LogP) is 5.07. The van der Waals surface area contributed by atoms with E-state index in [0.717, 1.165) is 11.1 Å². The molecule has 2 heterocycles. The highest BCUT2D eigenvalue weighted by molar-refractivity contribution is 6.36. The second kappa shape index (κ2) is 6.44. The van der Waals surface area contributed by atoms with E-state index in [9.17, 15) is 9.90 Å². The van der Waals surface area contributed by atoms with Crippen LogP contribution in [-0.4, -0.2) is 25.7 Å². The summed E-state index contributed by atoms with van der Waals surface area (Å²) in [4.78, 5) is 16.4. The normalized spacial score (nSPS) is 11.0. The van der Waals surface area contributed by atoms with E-state index >= 15 is 0 Å². The number of benzene rings is 2. The Balaban J connectivity index is 2.02. The van der Waals surface area contributed by atoms with E-state index in [1.807, 2.05) is 30.3 Å². The lowest BCUT2D eigenvalue weighted by molar-refractivity contribution is 0.0687. The summed E-state index contributed by atoms with van der Waals surface area (Å²) < 4.78 is 1.32. The fraction of sp³-hybridized carbons (Fsp3) is 0. The van der Waals surface area contributed by atoms with Crippen molar-refractivity contribution in [3.05, 3.63) is 76.5 Å². The smallest absolute Gasteiger partial charge is 0.354 e. The lowest BCUT2D eigenvalue weighted by atomic mass is 10.1. The van der Waals surface area contributed by atoms with Crippen molar-refractivity contribution in [3.63, 3.8) is 0 Å². The number of carbonyl (C=O) groups is 1. The number of halogens is 2. The number of carboxylic acid groups (broad SMARTS) is 1. The van der Waals surface area contributed by atoms with Gasteiger partial charge in [-0.1, -0.05) is 53.5 Å². The highest BCUT2D eigenvalue weighted by atomic mass is 35.5. The number of nitrogens with zero attached hydrogens (tertiary/aromatic N) is 3. The molecule has 128 valence electrons. The summed E-state index contributed by atoms with van der Waals surface area (Å²) in [6, 6.07) is 16.0. The Morgan fingerprint density at radius 1 is 1.00 bits per heavy atom. The van der Waals surface area contributed by atoms with Gasteiger partial charge in [0.2, 0.25) is 0 Å². The van der Waals surface area contributed by atoms with Crippen LogP contribution in [-0.2, 0) is 0 Å². The van der Waals surface area contributed by atoms with Gasteiger partial charge in [0.1, 0.15) is 0 Å². The van der Waals surface area contributed by atoms with Crippen molar-refractivity contribution >= 4 is 34.8 Å². The Labute approximate surface area is 158 Å². The molecule has 0 amide bonds. The van der Waals surface area contributed by atoms with Crippen LogP contribution in [0.5, 0.6) is 0 Å². The fourth-order valence-corrected chi connectivity index (χ4v) is 3.28. The first-order valence-corrected chi connectivity index (χ1v) is 8.43. The molecule has 1 N–H and O–H groups in total. The van der Waals surface area contributed by atoms with Crippen molar-refractivity contribution in [2.75, 3.05) is 0 Å². The summed E-state index contributed by atoms with van der Waals surface area (Å²) in [5, 5.41) is 14.7. The van der Waals surface area contributed by atoms with Gasteiger partial charge in [-0.3, -0.25) is 0 Å². The molecule has 0 fully saturated rings. The van der Waals surface area contributed by atoms with Crippen LogP contribution in [0.3, 0.4) is 0 Å². The molecule has 0 aliphatic rings. The van der Waals surface area contributed by atoms with E-state index < -0.39 is 5.97 Å². The van der Waals surface area contributed by atoms with E-state index in [0.29, 0.717) is 26.9 Å². The van der Waals surface area contributed by atoms with Gasteiger partial charge in [-0.05, 0) is 29.8 Å². The molecule has 4 aromatic rings. The Morgan fingerprint density at radius 2 is 1.77 bits per heavy atom. The van der Waals surface area contributed by atoms with E-state index in [1.54, 1.807) is 24.4 Å². The van der Waals surface area contributed by atoms with Crippen molar-refractivity contribution in [1.29, 1.82) is 0 Å². The maximum atomic E-state index is 11.7. The van der Waals surface area contributed by atoms with Crippen LogP contribution in [0.2, 0.25) is 10.0 Å². The zero-order chi connectivity index (χ0) is 18.3. The molecule has 0 aliphatic carbocycles. The Hall–Kier alpha value is -2.89. The third-order valence-electron chi connectivity index (χ3n) is 3.98. The lowest BCUT2D eigenvalue weighted by Crippen LogP contribution is -2.08. The zero-order valence-electron chi connectivity index (χ0n) is 13.2. The highest BCUT2D eigenvalue weighted by Crippen LogP contribution is 2.32. The summed E-state index contributed by atoms with van der Waals surface area (Å²) in [6.45, 7) is 0. The predicted molar refractivity (Wildman–Crippen MR) is 101 cm³/mol.